The number of ether oxygens (including phenoxy) is 2. The van der Waals surface area contributed by atoms with Gasteiger partial charge in [0.15, 0.2) is 11.7 Å². The van der Waals surface area contributed by atoms with Gasteiger partial charge in [0.05, 0.1) is 20.5 Å². The van der Waals surface area contributed by atoms with Crippen LogP contribution in [-0.2, 0) is 13.1 Å². The number of aliphatic imine (C=N–C) groups is 1. The minimum atomic E-state index is -0.281. The predicted molar refractivity (Wildman–Crippen MR) is 124 cm³/mol. The third-order valence-electron chi connectivity index (χ3n) is 4.88. The molecule has 1 amide bonds. The monoisotopic (exact) mass is 436 g/mol. The van der Waals surface area contributed by atoms with Crippen LogP contribution in [0.25, 0.3) is 0 Å². The quantitative estimate of drug-likeness (QED) is 0.413. The van der Waals surface area contributed by atoms with Crippen molar-refractivity contribution in [3.05, 3.63) is 77.7 Å². The number of furan rings is 1. The minimum Gasteiger partial charge on any atom is -0.497 e. The van der Waals surface area contributed by atoms with Crippen molar-refractivity contribution in [2.45, 2.75) is 13.1 Å². The van der Waals surface area contributed by atoms with Crippen molar-refractivity contribution in [1.82, 2.24) is 10.2 Å². The number of carbonyl (C=O) groups is 1. The van der Waals surface area contributed by atoms with Crippen molar-refractivity contribution < 1.29 is 18.7 Å². The van der Waals surface area contributed by atoms with Crippen LogP contribution in [0.15, 0.2) is 70.3 Å². The second-order valence-electron chi connectivity index (χ2n) is 7.06. The summed E-state index contributed by atoms with van der Waals surface area (Å²) < 4.78 is 15.9. The Labute approximate surface area is 187 Å². The number of hydrogen-bond donors (Lipinski definition) is 2. The van der Waals surface area contributed by atoms with E-state index in [1.165, 1.54) is 6.26 Å². The van der Waals surface area contributed by atoms with Crippen molar-refractivity contribution in [3.8, 4) is 11.5 Å². The summed E-state index contributed by atoms with van der Waals surface area (Å²) in [4.78, 5) is 18.5. The van der Waals surface area contributed by atoms with Crippen LogP contribution in [-0.4, -0.2) is 45.1 Å². The van der Waals surface area contributed by atoms with Crippen molar-refractivity contribution in [2.24, 2.45) is 4.99 Å². The first-order chi connectivity index (χ1) is 15.5. The third kappa shape index (κ3) is 5.81. The average Bonchev–Trinajstić information content (AvgIpc) is 3.36. The number of carbonyl (C=O) groups excluding carboxylic acids is 1. The predicted octanol–water partition coefficient (Wildman–Crippen LogP) is 3.76. The summed E-state index contributed by atoms with van der Waals surface area (Å²) in [6.07, 6.45) is 1.47. The molecule has 0 bridgehead atoms. The zero-order valence-corrected chi connectivity index (χ0v) is 18.7. The topological polar surface area (TPSA) is 88.3 Å². The maximum Gasteiger partial charge on any atom is 0.291 e. The number of anilines is 1. The van der Waals surface area contributed by atoms with Crippen LogP contribution >= 0.6 is 0 Å². The summed E-state index contributed by atoms with van der Waals surface area (Å²) in [6.45, 7) is 1.20. The molecular formula is C24H28N4O4. The molecule has 8 nitrogen and oxygen atoms in total. The van der Waals surface area contributed by atoms with E-state index in [2.05, 4.69) is 15.6 Å². The first-order valence-corrected chi connectivity index (χ1v) is 10.1. The highest BCUT2D eigenvalue weighted by atomic mass is 16.5. The van der Waals surface area contributed by atoms with Gasteiger partial charge in [0.2, 0.25) is 0 Å². The summed E-state index contributed by atoms with van der Waals surface area (Å²) in [6, 6.07) is 16.7. The van der Waals surface area contributed by atoms with Crippen LogP contribution in [0, 0.1) is 0 Å². The lowest BCUT2D eigenvalue weighted by atomic mass is 10.2. The molecule has 1 heterocycles. The van der Waals surface area contributed by atoms with Gasteiger partial charge >= 0.3 is 0 Å². The molecule has 8 heteroatoms. The second-order valence-corrected chi connectivity index (χ2v) is 7.06. The van der Waals surface area contributed by atoms with Crippen molar-refractivity contribution in [1.29, 1.82) is 0 Å². The fourth-order valence-electron chi connectivity index (χ4n) is 3.19. The molecule has 0 aliphatic carbocycles. The number of benzene rings is 2. The van der Waals surface area contributed by atoms with Crippen LogP contribution in [0.5, 0.6) is 11.5 Å². The Hall–Kier alpha value is -3.94. The Morgan fingerprint density at radius 3 is 2.50 bits per heavy atom. The van der Waals surface area contributed by atoms with E-state index < -0.39 is 0 Å². The van der Waals surface area contributed by atoms with E-state index in [9.17, 15) is 4.79 Å². The molecule has 0 aliphatic rings. The molecule has 2 N–H and O–H groups in total. The van der Waals surface area contributed by atoms with Crippen molar-refractivity contribution in [3.63, 3.8) is 0 Å². The Morgan fingerprint density at radius 1 is 1.09 bits per heavy atom. The van der Waals surface area contributed by atoms with Gasteiger partial charge in [0.1, 0.15) is 11.5 Å². The fourth-order valence-corrected chi connectivity index (χ4v) is 3.19. The summed E-state index contributed by atoms with van der Waals surface area (Å²) >= 11 is 0. The van der Waals surface area contributed by atoms with Gasteiger partial charge in [-0.25, -0.2) is 0 Å². The van der Waals surface area contributed by atoms with Crippen molar-refractivity contribution >= 4 is 17.6 Å². The Kier molecular flexibility index (Phi) is 7.75. The normalized spacial score (nSPS) is 11.1. The third-order valence-corrected chi connectivity index (χ3v) is 4.88. The molecular weight excluding hydrogens is 408 g/mol. The van der Waals surface area contributed by atoms with Crippen LogP contribution < -0.4 is 20.1 Å². The molecule has 3 aromatic rings. The molecule has 0 saturated carbocycles. The number of guanidine groups is 1. The molecule has 2 aromatic carbocycles. The van der Waals surface area contributed by atoms with Crippen LogP contribution in [0.2, 0.25) is 0 Å². The number of rotatable bonds is 8. The van der Waals surface area contributed by atoms with Gasteiger partial charge in [-0.15, -0.1) is 0 Å². The van der Waals surface area contributed by atoms with Crippen LogP contribution in [0.4, 0.5) is 5.69 Å². The molecule has 0 aliphatic heterocycles. The van der Waals surface area contributed by atoms with E-state index >= 15 is 0 Å². The average molecular weight is 437 g/mol. The van der Waals surface area contributed by atoms with E-state index in [1.54, 1.807) is 33.4 Å². The standard InChI is InChI=1S/C24H28N4O4/c1-25-24(28(2)16-18-9-12-20(30-3)14-22(18)31-4)26-15-17-7-10-19(11-8-17)27-23(29)21-6-5-13-32-21/h5-14H,15-16H2,1-4H3,(H,25,26)(H,27,29). The zero-order valence-electron chi connectivity index (χ0n) is 18.7. The van der Waals surface area contributed by atoms with Gasteiger partial charge in [-0.1, -0.05) is 12.1 Å². The first-order valence-electron chi connectivity index (χ1n) is 10.1. The van der Waals surface area contributed by atoms with Gasteiger partial charge in [-0.3, -0.25) is 9.79 Å². The maximum atomic E-state index is 12.1. The van der Waals surface area contributed by atoms with Crippen LogP contribution in [0.3, 0.4) is 0 Å². The number of methoxy groups -OCH3 is 2. The van der Waals surface area contributed by atoms with Gasteiger partial charge in [0, 0.05) is 44.5 Å². The number of amides is 1. The lowest BCUT2D eigenvalue weighted by Crippen LogP contribution is -2.38. The molecule has 0 fully saturated rings. The SMILES string of the molecule is CN=C(NCc1ccc(NC(=O)c2ccco2)cc1)N(C)Cc1ccc(OC)cc1OC. The molecule has 0 radical (unpaired) electrons. The molecule has 1 aromatic heterocycles. The Bertz CT molecular complexity index is 1050. The number of nitrogens with zero attached hydrogens (tertiary/aromatic N) is 2. The zero-order chi connectivity index (χ0) is 22.9. The largest absolute Gasteiger partial charge is 0.497 e. The lowest BCUT2D eigenvalue weighted by molar-refractivity contribution is 0.0996. The molecule has 168 valence electrons. The van der Waals surface area contributed by atoms with Gasteiger partial charge in [0.25, 0.3) is 5.91 Å². The van der Waals surface area contributed by atoms with Gasteiger partial charge in [-0.05, 0) is 42.0 Å². The number of nitrogens with one attached hydrogen (secondary N) is 2. The molecule has 0 unspecified atom stereocenters. The summed E-state index contributed by atoms with van der Waals surface area (Å²) in [5, 5.41) is 6.16. The van der Waals surface area contributed by atoms with E-state index in [0.717, 1.165) is 28.6 Å². The molecule has 32 heavy (non-hydrogen) atoms. The van der Waals surface area contributed by atoms with E-state index in [4.69, 9.17) is 13.9 Å². The van der Waals surface area contributed by atoms with E-state index in [1.807, 2.05) is 54.4 Å². The lowest BCUT2D eigenvalue weighted by Gasteiger charge is -2.23. The smallest absolute Gasteiger partial charge is 0.291 e. The molecule has 3 rings (SSSR count). The highest BCUT2D eigenvalue weighted by Gasteiger charge is 2.12. The fraction of sp³-hybridized carbons (Fsp3) is 0.250. The molecule has 0 spiro atoms. The number of hydrogen-bond acceptors (Lipinski definition) is 5. The van der Waals surface area contributed by atoms with Gasteiger partial charge in [-0.2, -0.15) is 0 Å². The minimum absolute atomic E-state index is 0.274. The molecule has 0 saturated heterocycles. The van der Waals surface area contributed by atoms with Gasteiger partial charge < -0.3 is 29.4 Å². The second kappa shape index (κ2) is 10.9. The summed E-state index contributed by atoms with van der Waals surface area (Å²) in [5.41, 5.74) is 2.77. The first kappa shape index (κ1) is 22.7. The highest BCUT2D eigenvalue weighted by molar-refractivity contribution is 6.02. The Balaban J connectivity index is 1.56. The van der Waals surface area contributed by atoms with Crippen LogP contribution in [0.1, 0.15) is 21.7 Å². The van der Waals surface area contributed by atoms with E-state index in [0.29, 0.717) is 18.8 Å². The highest BCUT2D eigenvalue weighted by Crippen LogP contribution is 2.25. The Morgan fingerprint density at radius 2 is 1.88 bits per heavy atom. The van der Waals surface area contributed by atoms with E-state index in [-0.39, 0.29) is 11.7 Å². The summed E-state index contributed by atoms with van der Waals surface area (Å²) in [5.74, 6) is 2.25. The maximum absolute atomic E-state index is 12.1. The molecule has 0 atom stereocenters. The van der Waals surface area contributed by atoms with Crippen molar-refractivity contribution in [2.75, 3.05) is 33.6 Å². The summed E-state index contributed by atoms with van der Waals surface area (Å²) in [7, 11) is 6.99.